The van der Waals surface area contributed by atoms with Crippen molar-refractivity contribution in [3.63, 3.8) is 0 Å². The Hall–Kier alpha value is -2.50. The van der Waals surface area contributed by atoms with E-state index in [-0.39, 0.29) is 12.8 Å². The lowest BCUT2D eigenvalue weighted by Crippen LogP contribution is -2.69. The second-order valence-electron chi connectivity index (χ2n) is 11.8. The van der Waals surface area contributed by atoms with Crippen LogP contribution in [-0.4, -0.2) is 62.1 Å². The van der Waals surface area contributed by atoms with Gasteiger partial charge in [0.25, 0.3) is 0 Å². The van der Waals surface area contributed by atoms with Crippen LogP contribution in [0.15, 0.2) is 12.5 Å². The van der Waals surface area contributed by atoms with Crippen molar-refractivity contribution in [3.05, 3.63) is 18.2 Å². The molecule has 2 atom stereocenters. The maximum Gasteiger partial charge on any atom is 0.321 e. The molecule has 34 heavy (non-hydrogen) atoms. The maximum absolute atomic E-state index is 13.3. The number of hydrogen-bond donors (Lipinski definition) is 7. The van der Waals surface area contributed by atoms with Crippen LogP contribution in [0.25, 0.3) is 0 Å². The number of amides is 2. The van der Waals surface area contributed by atoms with E-state index in [2.05, 4.69) is 20.6 Å². The van der Waals surface area contributed by atoms with E-state index in [1.54, 1.807) is 61.6 Å². The first-order valence-corrected chi connectivity index (χ1v) is 11.3. The third kappa shape index (κ3) is 8.07. The highest BCUT2D eigenvalue weighted by Crippen LogP contribution is 2.36. The first-order valence-electron chi connectivity index (χ1n) is 11.3. The van der Waals surface area contributed by atoms with Gasteiger partial charge in [-0.05, 0) is 39.5 Å². The molecule has 0 radical (unpaired) electrons. The van der Waals surface area contributed by atoms with Crippen molar-refractivity contribution in [2.24, 2.45) is 28.0 Å². The largest absolute Gasteiger partial charge is 0.480 e. The summed E-state index contributed by atoms with van der Waals surface area (Å²) < 4.78 is 0. The number of aromatic amines is 1. The van der Waals surface area contributed by atoms with Crippen molar-refractivity contribution in [1.29, 1.82) is 0 Å². The van der Waals surface area contributed by atoms with Gasteiger partial charge in [0.15, 0.2) is 0 Å². The van der Waals surface area contributed by atoms with Crippen LogP contribution in [0, 0.1) is 10.8 Å². The van der Waals surface area contributed by atoms with Gasteiger partial charge >= 0.3 is 5.97 Å². The molecule has 0 aliphatic rings. The fourth-order valence-corrected chi connectivity index (χ4v) is 4.42. The van der Waals surface area contributed by atoms with Crippen molar-refractivity contribution in [1.82, 2.24) is 20.6 Å². The number of imidazole rings is 1. The molecule has 0 saturated heterocycles. The number of carbonyl (C=O) groups is 3. The van der Waals surface area contributed by atoms with E-state index in [0.29, 0.717) is 5.69 Å². The number of carboxylic acids is 1. The van der Waals surface area contributed by atoms with Crippen molar-refractivity contribution in [3.8, 4) is 0 Å². The van der Waals surface area contributed by atoms with Gasteiger partial charge in [0.1, 0.15) is 12.1 Å². The first kappa shape index (κ1) is 29.5. The third-order valence-corrected chi connectivity index (χ3v) is 6.00. The van der Waals surface area contributed by atoms with E-state index in [1.807, 2.05) is 0 Å². The van der Waals surface area contributed by atoms with Gasteiger partial charge in [0, 0.05) is 34.8 Å². The quantitative estimate of drug-likeness (QED) is 0.220. The van der Waals surface area contributed by atoms with E-state index >= 15 is 0 Å². The Morgan fingerprint density at radius 3 is 1.97 bits per heavy atom. The minimum atomic E-state index is -1.15. The summed E-state index contributed by atoms with van der Waals surface area (Å²) in [7, 11) is 0. The standard InChI is InChI=1S/C23H43N7O4/c1-20(2,15(24)17(32)33)11-21(3,4)19(34)29-14(9-13-10-27-12-28-13)16(31)30-18(22(5,6)25)23(7,8)26/h10,12,14-15,18H,9,11,24-26H2,1-8H3,(H,27,28)(H,29,34)(H,30,31)(H,32,33)/t14-,15+/m0/s1. The zero-order valence-electron chi connectivity index (χ0n) is 21.7. The van der Waals surface area contributed by atoms with Crippen molar-refractivity contribution in [2.45, 2.75) is 97.4 Å². The zero-order chi connectivity index (χ0) is 26.7. The van der Waals surface area contributed by atoms with E-state index in [9.17, 15) is 19.5 Å². The number of rotatable bonds is 12. The summed E-state index contributed by atoms with van der Waals surface area (Å²) in [4.78, 5) is 45.0. The molecule has 2 amide bonds. The molecule has 0 fully saturated rings. The molecule has 1 aromatic heterocycles. The van der Waals surface area contributed by atoms with E-state index < -0.39 is 57.8 Å². The Morgan fingerprint density at radius 2 is 1.56 bits per heavy atom. The zero-order valence-corrected chi connectivity index (χ0v) is 21.7. The molecule has 0 spiro atoms. The second-order valence-corrected chi connectivity index (χ2v) is 11.8. The number of aliphatic carboxylic acids is 1. The summed E-state index contributed by atoms with van der Waals surface area (Å²) in [6, 6.07) is -2.69. The molecular weight excluding hydrogens is 438 g/mol. The van der Waals surface area contributed by atoms with Gasteiger partial charge in [-0.25, -0.2) is 4.98 Å². The van der Waals surface area contributed by atoms with Gasteiger partial charge in [0.2, 0.25) is 11.8 Å². The summed E-state index contributed by atoms with van der Waals surface area (Å²) in [5, 5.41) is 15.1. The molecule has 11 heteroatoms. The molecular formula is C23H43N7O4. The third-order valence-electron chi connectivity index (χ3n) is 6.00. The fourth-order valence-electron chi connectivity index (χ4n) is 4.42. The lowest BCUT2D eigenvalue weighted by atomic mass is 9.70. The normalized spacial score (nSPS) is 15.1. The first-order chi connectivity index (χ1) is 15.2. The predicted octanol–water partition coefficient (Wildman–Crippen LogP) is 0.251. The van der Waals surface area contributed by atoms with Crippen LogP contribution in [0.3, 0.4) is 0 Å². The van der Waals surface area contributed by atoms with Crippen LogP contribution < -0.4 is 27.8 Å². The highest BCUT2D eigenvalue weighted by molar-refractivity contribution is 5.90. The van der Waals surface area contributed by atoms with Gasteiger partial charge in [-0.15, -0.1) is 0 Å². The molecule has 11 nitrogen and oxygen atoms in total. The monoisotopic (exact) mass is 481 g/mol. The summed E-state index contributed by atoms with van der Waals surface area (Å²) in [5.41, 5.74) is 15.5. The Bertz CT molecular complexity index is 838. The van der Waals surface area contributed by atoms with Gasteiger partial charge in [-0.1, -0.05) is 27.7 Å². The molecule has 1 rings (SSSR count). The van der Waals surface area contributed by atoms with Crippen LogP contribution >= 0.6 is 0 Å². The smallest absolute Gasteiger partial charge is 0.321 e. The highest BCUT2D eigenvalue weighted by Gasteiger charge is 2.42. The van der Waals surface area contributed by atoms with Gasteiger partial charge in [-0.2, -0.15) is 0 Å². The number of nitrogens with zero attached hydrogens (tertiary/aromatic N) is 1. The molecule has 1 heterocycles. The van der Waals surface area contributed by atoms with Gasteiger partial charge < -0.3 is 37.9 Å². The SMILES string of the molecule is CC(C)(CC(C)(C)[C@H](N)C(=O)O)C(=O)N[C@@H](Cc1cnc[nH]1)C(=O)NC(C(C)(C)N)C(C)(C)N. The highest BCUT2D eigenvalue weighted by atomic mass is 16.4. The van der Waals surface area contributed by atoms with Crippen LogP contribution in [0.5, 0.6) is 0 Å². The minimum absolute atomic E-state index is 0.161. The summed E-state index contributed by atoms with van der Waals surface area (Å²) in [6.45, 7) is 13.9. The number of carboxylic acid groups (broad SMARTS) is 1. The number of carbonyl (C=O) groups excluding carboxylic acids is 2. The summed E-state index contributed by atoms with van der Waals surface area (Å²) >= 11 is 0. The summed E-state index contributed by atoms with van der Waals surface area (Å²) in [6.07, 6.45) is 3.41. The van der Waals surface area contributed by atoms with Crippen LogP contribution in [0.4, 0.5) is 0 Å². The molecule has 0 bridgehead atoms. The molecule has 0 aromatic carbocycles. The lowest BCUT2D eigenvalue weighted by molar-refractivity contribution is -0.143. The van der Waals surface area contributed by atoms with E-state index in [4.69, 9.17) is 17.2 Å². The molecule has 1 aromatic rings. The average molecular weight is 482 g/mol. The summed E-state index contributed by atoms with van der Waals surface area (Å²) in [5.74, 6) is -1.99. The van der Waals surface area contributed by atoms with Crippen molar-refractivity contribution >= 4 is 17.8 Å². The molecule has 0 aliphatic carbocycles. The molecule has 10 N–H and O–H groups in total. The van der Waals surface area contributed by atoms with Gasteiger partial charge in [-0.3, -0.25) is 14.4 Å². The van der Waals surface area contributed by atoms with Crippen LogP contribution in [-0.2, 0) is 20.8 Å². The fraction of sp³-hybridized carbons (Fsp3) is 0.739. The molecule has 0 aliphatic heterocycles. The number of aromatic nitrogens is 2. The number of nitrogens with one attached hydrogen (secondary N) is 3. The number of nitrogens with two attached hydrogens (primary N) is 3. The Balaban J connectivity index is 3.16. The van der Waals surface area contributed by atoms with Crippen LogP contribution in [0.2, 0.25) is 0 Å². The number of H-pyrrole nitrogens is 1. The molecule has 0 unspecified atom stereocenters. The number of hydrogen-bond acceptors (Lipinski definition) is 7. The van der Waals surface area contributed by atoms with E-state index in [0.717, 1.165) is 0 Å². The minimum Gasteiger partial charge on any atom is -0.480 e. The Morgan fingerprint density at radius 1 is 1.03 bits per heavy atom. The second kappa shape index (κ2) is 10.4. The average Bonchev–Trinajstić information content (AvgIpc) is 3.14. The van der Waals surface area contributed by atoms with Gasteiger partial charge in [0.05, 0.1) is 12.4 Å². The predicted molar refractivity (Wildman–Crippen MR) is 130 cm³/mol. The molecule has 194 valence electrons. The van der Waals surface area contributed by atoms with Crippen molar-refractivity contribution in [2.75, 3.05) is 0 Å². The van der Waals surface area contributed by atoms with Crippen LogP contribution in [0.1, 0.15) is 67.5 Å². The topological polar surface area (TPSA) is 202 Å². The maximum atomic E-state index is 13.3. The Labute approximate surface area is 202 Å². The lowest BCUT2D eigenvalue weighted by Gasteiger charge is -2.41. The van der Waals surface area contributed by atoms with Crippen molar-refractivity contribution < 1.29 is 19.5 Å². The molecule has 0 saturated carbocycles. The van der Waals surface area contributed by atoms with E-state index in [1.165, 1.54) is 6.33 Å². The Kier molecular flexibility index (Phi) is 9.04.